The van der Waals surface area contributed by atoms with Crippen molar-refractivity contribution in [2.75, 3.05) is 31.1 Å². The molecule has 1 saturated heterocycles. The molecular weight excluding hydrogens is 508 g/mol. The van der Waals surface area contributed by atoms with Crippen LogP contribution in [-0.2, 0) is 11.8 Å². The smallest absolute Gasteiger partial charge is 0.253 e. The lowest BCUT2D eigenvalue weighted by molar-refractivity contribution is 0.0767. The summed E-state index contributed by atoms with van der Waals surface area (Å²) >= 11 is 0. The van der Waals surface area contributed by atoms with E-state index in [0.717, 1.165) is 52.5 Å². The summed E-state index contributed by atoms with van der Waals surface area (Å²) < 4.78 is 1.89. The van der Waals surface area contributed by atoms with Crippen LogP contribution in [0.1, 0.15) is 54.5 Å². The van der Waals surface area contributed by atoms with Crippen molar-refractivity contribution in [3.8, 4) is 5.69 Å². The monoisotopic (exact) mass is 544 g/mol. The minimum atomic E-state index is 0.0568. The molecule has 0 aliphatic carbocycles. The second-order valence-electron chi connectivity index (χ2n) is 11.7. The number of fused-ring (bicyclic) bond motifs is 1. The van der Waals surface area contributed by atoms with Crippen LogP contribution in [0.5, 0.6) is 0 Å². The molecule has 1 aliphatic heterocycles. The Kier molecular flexibility index (Phi) is 7.26. The molecule has 6 rings (SSSR count). The van der Waals surface area contributed by atoms with Gasteiger partial charge in [-0.25, -0.2) is 14.6 Å². The Morgan fingerprint density at radius 3 is 2.22 bits per heavy atom. The van der Waals surface area contributed by atoms with Crippen LogP contribution in [0.4, 0.5) is 5.82 Å². The van der Waals surface area contributed by atoms with Crippen LogP contribution >= 0.6 is 0 Å². The molecule has 0 bridgehead atoms. The van der Waals surface area contributed by atoms with E-state index in [4.69, 9.17) is 15.1 Å². The molecular formula is C34H36N6O. The maximum Gasteiger partial charge on any atom is 0.253 e. The van der Waals surface area contributed by atoms with Gasteiger partial charge >= 0.3 is 0 Å². The molecule has 7 heteroatoms. The van der Waals surface area contributed by atoms with Gasteiger partial charge in [-0.2, -0.15) is 5.10 Å². The number of hydrogen-bond donors (Lipinski definition) is 0. The van der Waals surface area contributed by atoms with E-state index in [1.54, 1.807) is 0 Å². The average Bonchev–Trinajstić information content (AvgIpc) is 3.26. The highest BCUT2D eigenvalue weighted by Crippen LogP contribution is 2.28. The first-order valence-corrected chi connectivity index (χ1v) is 14.4. The van der Waals surface area contributed by atoms with Crippen molar-refractivity contribution in [2.45, 2.75) is 39.0 Å². The van der Waals surface area contributed by atoms with E-state index < -0.39 is 0 Å². The first-order valence-electron chi connectivity index (χ1n) is 14.4. The van der Waals surface area contributed by atoms with Crippen molar-refractivity contribution in [1.82, 2.24) is 24.6 Å². The first-order chi connectivity index (χ1) is 19.9. The van der Waals surface area contributed by atoms with Gasteiger partial charge in [0.2, 0.25) is 0 Å². The van der Waals surface area contributed by atoms with Gasteiger partial charge in [-0.05, 0) is 47.2 Å². The first kappa shape index (κ1) is 26.7. The predicted molar refractivity (Wildman–Crippen MR) is 164 cm³/mol. The molecule has 0 N–H and O–H groups in total. The fourth-order valence-electron chi connectivity index (χ4n) is 5.42. The summed E-state index contributed by atoms with van der Waals surface area (Å²) in [5, 5.41) is 5.64. The lowest BCUT2D eigenvalue weighted by Crippen LogP contribution is -2.35. The van der Waals surface area contributed by atoms with Crippen LogP contribution in [0.2, 0.25) is 0 Å². The Balaban J connectivity index is 1.29. The molecule has 0 atom stereocenters. The van der Waals surface area contributed by atoms with Crippen molar-refractivity contribution in [2.24, 2.45) is 0 Å². The Morgan fingerprint density at radius 2 is 1.51 bits per heavy atom. The predicted octanol–water partition coefficient (Wildman–Crippen LogP) is 6.06. The molecule has 1 aliphatic rings. The number of carbonyl (C=O) groups excluding carboxylic acids is 1. The number of rotatable bonds is 5. The highest BCUT2D eigenvalue weighted by Gasteiger charge is 2.25. The number of amides is 1. The highest BCUT2D eigenvalue weighted by molar-refractivity contribution is 5.94. The topological polar surface area (TPSA) is 67.2 Å². The van der Waals surface area contributed by atoms with Gasteiger partial charge in [0.25, 0.3) is 5.91 Å². The van der Waals surface area contributed by atoms with E-state index in [-0.39, 0.29) is 11.3 Å². The Bertz CT molecular complexity index is 1640. The molecule has 7 nitrogen and oxygen atoms in total. The number of nitrogens with zero attached hydrogens (tertiary/aromatic N) is 6. The van der Waals surface area contributed by atoms with Gasteiger partial charge in [0.1, 0.15) is 11.6 Å². The molecule has 0 saturated carbocycles. The van der Waals surface area contributed by atoms with Crippen molar-refractivity contribution in [1.29, 1.82) is 0 Å². The van der Waals surface area contributed by atoms with Gasteiger partial charge in [-0.15, -0.1) is 0 Å². The van der Waals surface area contributed by atoms with Gasteiger partial charge in [-0.1, -0.05) is 81.4 Å². The van der Waals surface area contributed by atoms with Crippen molar-refractivity contribution in [3.63, 3.8) is 0 Å². The third kappa shape index (κ3) is 5.71. The number of benzene rings is 3. The lowest BCUT2D eigenvalue weighted by Gasteiger charge is -2.24. The maximum atomic E-state index is 13.5. The number of para-hydroxylation sites is 1. The van der Waals surface area contributed by atoms with Gasteiger partial charge in [0.15, 0.2) is 5.65 Å². The van der Waals surface area contributed by atoms with Crippen LogP contribution in [0.3, 0.4) is 0 Å². The molecule has 1 fully saturated rings. The summed E-state index contributed by atoms with van der Waals surface area (Å²) in [4.78, 5) is 27.8. The summed E-state index contributed by atoms with van der Waals surface area (Å²) in [5.41, 5.74) is 4.94. The van der Waals surface area contributed by atoms with Crippen LogP contribution in [0.15, 0.2) is 91.1 Å². The van der Waals surface area contributed by atoms with E-state index in [1.165, 1.54) is 5.56 Å². The van der Waals surface area contributed by atoms with Crippen LogP contribution in [-0.4, -0.2) is 56.7 Å². The summed E-state index contributed by atoms with van der Waals surface area (Å²) in [6.07, 6.45) is 3.36. The zero-order chi connectivity index (χ0) is 28.4. The zero-order valence-corrected chi connectivity index (χ0v) is 24.0. The van der Waals surface area contributed by atoms with Crippen molar-refractivity contribution >= 4 is 22.8 Å². The van der Waals surface area contributed by atoms with E-state index >= 15 is 0 Å². The molecule has 41 heavy (non-hydrogen) atoms. The van der Waals surface area contributed by atoms with E-state index in [1.807, 2.05) is 76.4 Å². The van der Waals surface area contributed by atoms with Crippen molar-refractivity contribution in [3.05, 3.63) is 114 Å². The van der Waals surface area contributed by atoms with Gasteiger partial charge in [0, 0.05) is 38.2 Å². The molecule has 208 valence electrons. The van der Waals surface area contributed by atoms with E-state index in [2.05, 4.69) is 49.9 Å². The molecule has 0 spiro atoms. The quantitative estimate of drug-likeness (QED) is 0.269. The zero-order valence-electron chi connectivity index (χ0n) is 24.0. The van der Waals surface area contributed by atoms with Crippen LogP contribution in [0.25, 0.3) is 16.7 Å². The summed E-state index contributed by atoms with van der Waals surface area (Å²) in [5.74, 6) is 1.72. The Hall–Kier alpha value is -4.52. The summed E-state index contributed by atoms with van der Waals surface area (Å²) in [7, 11) is 0. The second-order valence-corrected chi connectivity index (χ2v) is 11.7. The molecule has 0 radical (unpaired) electrons. The summed E-state index contributed by atoms with van der Waals surface area (Å²) in [6.45, 7) is 9.40. The maximum absolute atomic E-state index is 13.5. The highest BCUT2D eigenvalue weighted by atomic mass is 16.2. The summed E-state index contributed by atoms with van der Waals surface area (Å²) in [6, 6.07) is 28.5. The van der Waals surface area contributed by atoms with Crippen molar-refractivity contribution < 1.29 is 4.79 Å². The largest absolute Gasteiger partial charge is 0.354 e. The van der Waals surface area contributed by atoms with E-state index in [0.29, 0.717) is 26.1 Å². The molecule has 5 aromatic rings. The minimum absolute atomic E-state index is 0.0568. The average molecular weight is 545 g/mol. The third-order valence-electron chi connectivity index (χ3n) is 7.74. The number of carbonyl (C=O) groups is 1. The van der Waals surface area contributed by atoms with Gasteiger partial charge in [-0.3, -0.25) is 4.79 Å². The fourth-order valence-corrected chi connectivity index (χ4v) is 5.42. The Labute approximate surface area is 241 Å². The molecule has 3 aromatic carbocycles. The fraction of sp³-hybridized carbons (Fsp3) is 0.294. The van der Waals surface area contributed by atoms with Gasteiger partial charge in [0.05, 0.1) is 17.3 Å². The number of aromatic nitrogens is 4. The SMILES string of the molecule is CC(C)(C)c1ccc(C(=O)N2CCCN(c3nc(Cc4ccccc4)nc4c3cnn4-c3ccccc3)CC2)cc1. The second kappa shape index (κ2) is 11.2. The molecule has 0 unspecified atom stereocenters. The number of anilines is 1. The Morgan fingerprint density at radius 1 is 0.805 bits per heavy atom. The molecule has 2 aromatic heterocycles. The standard InChI is InChI=1S/C34H36N6O/c1-34(2,3)27-17-15-26(16-18-27)33(41)39-20-10-19-38(21-22-39)31-29-24-35-40(28-13-8-5-9-14-28)32(29)37-30(36-31)23-25-11-6-4-7-12-25/h4-9,11-18,24H,10,19-23H2,1-3H3. The minimum Gasteiger partial charge on any atom is -0.354 e. The van der Waals surface area contributed by atoms with E-state index in [9.17, 15) is 4.79 Å². The van der Waals surface area contributed by atoms with Crippen LogP contribution < -0.4 is 4.90 Å². The molecule has 3 heterocycles. The number of hydrogen-bond acceptors (Lipinski definition) is 5. The lowest BCUT2D eigenvalue weighted by atomic mass is 9.86. The van der Waals surface area contributed by atoms with Crippen LogP contribution in [0, 0.1) is 0 Å². The third-order valence-corrected chi connectivity index (χ3v) is 7.74. The molecule has 1 amide bonds. The normalized spacial score (nSPS) is 14.3. The van der Waals surface area contributed by atoms with Gasteiger partial charge < -0.3 is 9.80 Å².